The standard InChI is InChI=1S/C7H12N6/c8-7-9-11-12-13(7)10-6-4-2-1-3-5-6/h1-5H2,(H2,8,9,12). The molecule has 1 aromatic heterocycles. The number of hydrogen-bond acceptors (Lipinski definition) is 5. The first-order valence-electron chi connectivity index (χ1n) is 4.47. The molecular weight excluding hydrogens is 168 g/mol. The van der Waals surface area contributed by atoms with Crippen molar-refractivity contribution in [1.82, 2.24) is 20.3 Å². The molecule has 0 aliphatic heterocycles. The van der Waals surface area contributed by atoms with Crippen molar-refractivity contribution >= 4 is 11.7 Å². The van der Waals surface area contributed by atoms with Crippen LogP contribution in [0.1, 0.15) is 32.1 Å². The Hall–Kier alpha value is -1.46. The van der Waals surface area contributed by atoms with E-state index in [0.29, 0.717) is 0 Å². The molecule has 0 saturated heterocycles. The average Bonchev–Trinajstić information content (AvgIpc) is 2.54. The van der Waals surface area contributed by atoms with E-state index < -0.39 is 0 Å². The van der Waals surface area contributed by atoms with Gasteiger partial charge in [-0.2, -0.15) is 5.10 Å². The lowest BCUT2D eigenvalue weighted by Crippen LogP contribution is -2.09. The van der Waals surface area contributed by atoms with Crippen LogP contribution < -0.4 is 5.73 Å². The first-order valence-corrected chi connectivity index (χ1v) is 4.47. The van der Waals surface area contributed by atoms with E-state index in [1.807, 2.05) is 0 Å². The van der Waals surface area contributed by atoms with Crippen LogP contribution in [0.5, 0.6) is 0 Å². The Bertz CT molecular complexity index is 307. The molecule has 1 saturated carbocycles. The fourth-order valence-electron chi connectivity index (χ4n) is 1.45. The Balaban J connectivity index is 2.14. The van der Waals surface area contributed by atoms with Gasteiger partial charge in [0.1, 0.15) is 0 Å². The summed E-state index contributed by atoms with van der Waals surface area (Å²) in [5, 5.41) is 14.9. The van der Waals surface area contributed by atoms with Crippen molar-refractivity contribution in [3.63, 3.8) is 0 Å². The maximum atomic E-state index is 5.48. The first kappa shape index (κ1) is 8.15. The van der Waals surface area contributed by atoms with E-state index in [1.54, 1.807) is 0 Å². The highest BCUT2D eigenvalue weighted by Gasteiger charge is 2.08. The van der Waals surface area contributed by atoms with Gasteiger partial charge in [0.05, 0.1) is 0 Å². The van der Waals surface area contributed by atoms with Crippen LogP contribution in [0.4, 0.5) is 5.95 Å². The second kappa shape index (κ2) is 3.51. The maximum absolute atomic E-state index is 5.48. The van der Waals surface area contributed by atoms with Crippen LogP contribution in [-0.4, -0.2) is 26.0 Å². The molecule has 0 amide bonds. The number of hydrogen-bond donors (Lipinski definition) is 1. The normalized spacial score (nSPS) is 17.4. The van der Waals surface area contributed by atoms with Gasteiger partial charge in [0.2, 0.25) is 0 Å². The third kappa shape index (κ3) is 1.82. The molecule has 2 rings (SSSR count). The first-order chi connectivity index (χ1) is 6.36. The average molecular weight is 180 g/mol. The lowest BCUT2D eigenvalue weighted by Gasteiger charge is -2.11. The molecule has 1 fully saturated rings. The van der Waals surface area contributed by atoms with Crippen molar-refractivity contribution in [2.75, 3.05) is 5.73 Å². The van der Waals surface area contributed by atoms with Crippen molar-refractivity contribution in [3.8, 4) is 0 Å². The molecule has 1 aliphatic rings. The van der Waals surface area contributed by atoms with E-state index in [0.717, 1.165) is 18.6 Å². The number of nitrogen functional groups attached to an aromatic ring is 1. The SMILES string of the molecule is Nc1nnnn1N=C1CCCCC1. The van der Waals surface area contributed by atoms with Crippen LogP contribution >= 0.6 is 0 Å². The summed E-state index contributed by atoms with van der Waals surface area (Å²) in [5.41, 5.74) is 6.62. The predicted molar refractivity (Wildman–Crippen MR) is 48.1 cm³/mol. The molecule has 1 heterocycles. The van der Waals surface area contributed by atoms with Crippen molar-refractivity contribution in [1.29, 1.82) is 0 Å². The zero-order valence-electron chi connectivity index (χ0n) is 7.35. The number of aromatic nitrogens is 4. The molecule has 1 aliphatic carbocycles. The number of rotatable bonds is 1. The van der Waals surface area contributed by atoms with Gasteiger partial charge in [-0.1, -0.05) is 16.3 Å². The summed E-state index contributed by atoms with van der Waals surface area (Å²) in [5.74, 6) is 0.248. The zero-order chi connectivity index (χ0) is 9.10. The summed E-state index contributed by atoms with van der Waals surface area (Å²) in [6.45, 7) is 0. The van der Waals surface area contributed by atoms with E-state index in [2.05, 4.69) is 20.6 Å². The molecule has 0 unspecified atom stereocenters. The molecule has 6 nitrogen and oxygen atoms in total. The topological polar surface area (TPSA) is 82.0 Å². The van der Waals surface area contributed by atoms with Crippen LogP contribution in [-0.2, 0) is 0 Å². The van der Waals surface area contributed by atoms with Crippen LogP contribution in [0, 0.1) is 0 Å². The monoisotopic (exact) mass is 180 g/mol. The van der Waals surface area contributed by atoms with E-state index in [9.17, 15) is 0 Å². The fourth-order valence-corrected chi connectivity index (χ4v) is 1.45. The van der Waals surface area contributed by atoms with Crippen LogP contribution in [0.2, 0.25) is 0 Å². The summed E-state index contributed by atoms with van der Waals surface area (Å²) in [4.78, 5) is 1.29. The summed E-state index contributed by atoms with van der Waals surface area (Å²) >= 11 is 0. The zero-order valence-corrected chi connectivity index (χ0v) is 7.35. The van der Waals surface area contributed by atoms with E-state index in [1.165, 1.54) is 24.1 Å². The minimum absolute atomic E-state index is 0.248. The third-order valence-electron chi connectivity index (χ3n) is 2.14. The highest BCUT2D eigenvalue weighted by atomic mass is 15.7. The van der Waals surface area contributed by atoms with Gasteiger partial charge in [-0.15, -0.1) is 0 Å². The Labute approximate surface area is 75.8 Å². The van der Waals surface area contributed by atoms with Gasteiger partial charge < -0.3 is 5.73 Å². The molecule has 0 bridgehead atoms. The molecule has 70 valence electrons. The lowest BCUT2D eigenvalue weighted by molar-refractivity contribution is 0.637. The van der Waals surface area contributed by atoms with Crippen LogP contribution in [0.15, 0.2) is 5.10 Å². The Morgan fingerprint density at radius 1 is 1.23 bits per heavy atom. The summed E-state index contributed by atoms with van der Waals surface area (Å²) < 4.78 is 0. The highest BCUT2D eigenvalue weighted by molar-refractivity contribution is 5.84. The van der Waals surface area contributed by atoms with Gasteiger partial charge in [-0.3, -0.25) is 0 Å². The van der Waals surface area contributed by atoms with Crippen LogP contribution in [0.25, 0.3) is 0 Å². The second-order valence-electron chi connectivity index (χ2n) is 3.15. The molecule has 0 radical (unpaired) electrons. The van der Waals surface area contributed by atoms with Gasteiger partial charge in [-0.25, -0.2) is 0 Å². The Kier molecular flexibility index (Phi) is 2.20. The minimum Gasteiger partial charge on any atom is -0.365 e. The highest BCUT2D eigenvalue weighted by Crippen LogP contribution is 2.15. The smallest absolute Gasteiger partial charge is 0.263 e. The van der Waals surface area contributed by atoms with E-state index in [4.69, 9.17) is 5.73 Å². The van der Waals surface area contributed by atoms with Crippen molar-refractivity contribution < 1.29 is 0 Å². The molecule has 6 heteroatoms. The van der Waals surface area contributed by atoms with Crippen molar-refractivity contribution in [3.05, 3.63) is 0 Å². The van der Waals surface area contributed by atoms with Gasteiger partial charge in [0, 0.05) is 5.71 Å². The fraction of sp³-hybridized carbons (Fsp3) is 0.714. The van der Waals surface area contributed by atoms with Gasteiger partial charge in [0.15, 0.2) is 0 Å². The van der Waals surface area contributed by atoms with Gasteiger partial charge >= 0.3 is 0 Å². The van der Waals surface area contributed by atoms with Gasteiger partial charge in [-0.05, 0) is 36.1 Å². The Morgan fingerprint density at radius 3 is 2.62 bits per heavy atom. The molecule has 1 aromatic rings. The van der Waals surface area contributed by atoms with E-state index >= 15 is 0 Å². The number of nitrogens with zero attached hydrogens (tertiary/aromatic N) is 5. The van der Waals surface area contributed by atoms with Gasteiger partial charge in [0.25, 0.3) is 5.95 Å². The van der Waals surface area contributed by atoms with Crippen LogP contribution in [0.3, 0.4) is 0 Å². The van der Waals surface area contributed by atoms with Crippen molar-refractivity contribution in [2.45, 2.75) is 32.1 Å². The number of nitrogens with two attached hydrogens (primary N) is 1. The van der Waals surface area contributed by atoms with E-state index in [-0.39, 0.29) is 5.95 Å². The molecule has 0 spiro atoms. The summed E-state index contributed by atoms with van der Waals surface area (Å²) in [6, 6.07) is 0. The second-order valence-corrected chi connectivity index (χ2v) is 3.15. The Morgan fingerprint density at radius 2 is 2.00 bits per heavy atom. The summed E-state index contributed by atoms with van der Waals surface area (Å²) in [7, 11) is 0. The van der Waals surface area contributed by atoms with Crippen molar-refractivity contribution in [2.24, 2.45) is 5.10 Å². The maximum Gasteiger partial charge on any atom is 0.263 e. The lowest BCUT2D eigenvalue weighted by atomic mass is 9.99. The largest absolute Gasteiger partial charge is 0.365 e. The summed E-state index contributed by atoms with van der Waals surface area (Å²) in [6.07, 6.45) is 5.80. The number of anilines is 1. The quantitative estimate of drug-likeness (QED) is 0.679. The number of tetrazole rings is 1. The predicted octanol–water partition coefficient (Wildman–Crippen LogP) is 0.423. The third-order valence-corrected chi connectivity index (χ3v) is 2.14. The molecule has 0 aromatic carbocycles. The molecular formula is C7H12N6. The minimum atomic E-state index is 0.248. The molecule has 0 atom stereocenters. The molecule has 2 N–H and O–H groups in total. The molecule has 13 heavy (non-hydrogen) atoms.